The largest absolute Gasteiger partial charge is 0.493 e. The number of urea groups is 1. The number of hydrogen-bond acceptors (Lipinski definition) is 5. The van der Waals surface area contributed by atoms with Crippen LogP contribution in [0.4, 0.5) is 4.79 Å². The van der Waals surface area contributed by atoms with Gasteiger partial charge in [0.2, 0.25) is 0 Å². The Kier molecular flexibility index (Phi) is 6.14. The van der Waals surface area contributed by atoms with Crippen LogP contribution in [0.25, 0.3) is 6.08 Å². The van der Waals surface area contributed by atoms with Crippen LogP contribution >= 0.6 is 0 Å². The number of rotatable bonds is 7. The Hall–Kier alpha value is -2.83. The van der Waals surface area contributed by atoms with Crippen LogP contribution < -0.4 is 14.8 Å². The van der Waals surface area contributed by atoms with Crippen molar-refractivity contribution in [2.24, 2.45) is 29.1 Å². The maximum absolute atomic E-state index is 13.6. The molecule has 7 nitrogen and oxygen atoms in total. The Bertz CT molecular complexity index is 1040. The summed E-state index contributed by atoms with van der Waals surface area (Å²) in [5, 5.41) is 2.42. The number of benzene rings is 1. The topological polar surface area (TPSA) is 84.9 Å². The van der Waals surface area contributed by atoms with Crippen LogP contribution in [0.15, 0.2) is 23.8 Å². The third-order valence-corrected chi connectivity index (χ3v) is 8.56. The van der Waals surface area contributed by atoms with E-state index in [0.717, 1.165) is 19.3 Å². The fraction of sp³-hybridized carbons (Fsp3) is 0.607. The fourth-order valence-electron chi connectivity index (χ4n) is 7.30. The van der Waals surface area contributed by atoms with E-state index in [1.54, 1.807) is 25.3 Å². The SMILES string of the molecule is COc1cc(/C=C2\C(=O)NC(=O)N(C(C)C34CC5CC(CC(C5)C3)C4)C2=O)ccc1OCC(C)C. The molecule has 0 spiro atoms. The van der Waals surface area contributed by atoms with Crippen LogP contribution in [-0.4, -0.2) is 42.5 Å². The molecule has 0 aromatic heterocycles. The first-order chi connectivity index (χ1) is 16.7. The lowest BCUT2D eigenvalue weighted by Gasteiger charge is -2.60. The second-order valence-corrected chi connectivity index (χ2v) is 11.6. The molecule has 5 aliphatic rings. The van der Waals surface area contributed by atoms with E-state index in [1.165, 1.54) is 30.2 Å². The lowest BCUT2D eigenvalue weighted by Crippen LogP contribution is -2.63. The van der Waals surface area contributed by atoms with Crippen molar-refractivity contribution in [1.29, 1.82) is 0 Å². The second-order valence-electron chi connectivity index (χ2n) is 11.6. The van der Waals surface area contributed by atoms with Gasteiger partial charge < -0.3 is 9.47 Å². The average molecular weight is 481 g/mol. The van der Waals surface area contributed by atoms with Gasteiger partial charge in [-0.05, 0) is 98.3 Å². The number of amides is 4. The van der Waals surface area contributed by atoms with E-state index in [4.69, 9.17) is 9.47 Å². The van der Waals surface area contributed by atoms with Gasteiger partial charge in [0.25, 0.3) is 11.8 Å². The quantitative estimate of drug-likeness (QED) is 0.448. The molecule has 0 radical (unpaired) electrons. The van der Waals surface area contributed by atoms with Gasteiger partial charge in [0.05, 0.1) is 13.7 Å². The van der Waals surface area contributed by atoms with Crippen molar-refractivity contribution in [3.05, 3.63) is 29.3 Å². The van der Waals surface area contributed by atoms with Crippen molar-refractivity contribution in [3.8, 4) is 11.5 Å². The Balaban J connectivity index is 1.41. The lowest BCUT2D eigenvalue weighted by molar-refractivity contribution is -0.139. The van der Waals surface area contributed by atoms with E-state index in [0.29, 0.717) is 47.3 Å². The van der Waals surface area contributed by atoms with Gasteiger partial charge in [-0.2, -0.15) is 0 Å². The van der Waals surface area contributed by atoms with Crippen LogP contribution in [0.3, 0.4) is 0 Å². The van der Waals surface area contributed by atoms with E-state index in [1.807, 2.05) is 6.92 Å². The average Bonchev–Trinajstić information content (AvgIpc) is 2.79. The van der Waals surface area contributed by atoms with E-state index < -0.39 is 17.8 Å². The van der Waals surface area contributed by atoms with Crippen molar-refractivity contribution < 1.29 is 23.9 Å². The van der Waals surface area contributed by atoms with Gasteiger partial charge in [-0.15, -0.1) is 0 Å². The number of hydrogen-bond donors (Lipinski definition) is 1. The summed E-state index contributed by atoms with van der Waals surface area (Å²) >= 11 is 0. The molecule has 35 heavy (non-hydrogen) atoms. The molecule has 7 heteroatoms. The summed E-state index contributed by atoms with van der Waals surface area (Å²) in [6.07, 6.45) is 8.60. The monoisotopic (exact) mass is 480 g/mol. The summed E-state index contributed by atoms with van der Waals surface area (Å²) in [7, 11) is 1.56. The summed E-state index contributed by atoms with van der Waals surface area (Å²) in [5.74, 6) is 2.43. The Morgan fingerprint density at radius 3 is 2.23 bits per heavy atom. The molecule has 1 heterocycles. The molecule has 4 aliphatic carbocycles. The third-order valence-electron chi connectivity index (χ3n) is 8.56. The Morgan fingerprint density at radius 2 is 1.66 bits per heavy atom. The summed E-state index contributed by atoms with van der Waals surface area (Å²) in [4.78, 5) is 40.6. The molecule has 5 fully saturated rings. The zero-order valence-electron chi connectivity index (χ0n) is 21.1. The Labute approximate surface area is 207 Å². The molecular formula is C28H36N2O5. The third kappa shape index (κ3) is 4.34. The van der Waals surface area contributed by atoms with Gasteiger partial charge in [-0.3, -0.25) is 19.8 Å². The van der Waals surface area contributed by atoms with Crippen LogP contribution in [0, 0.1) is 29.1 Å². The molecule has 1 atom stereocenters. The van der Waals surface area contributed by atoms with E-state index in [-0.39, 0.29) is 17.0 Å². The first-order valence-electron chi connectivity index (χ1n) is 12.9. The van der Waals surface area contributed by atoms with Gasteiger partial charge in [0.15, 0.2) is 11.5 Å². The highest BCUT2D eigenvalue weighted by Crippen LogP contribution is 2.62. The number of imide groups is 2. The van der Waals surface area contributed by atoms with Crippen molar-refractivity contribution >= 4 is 23.9 Å². The lowest BCUT2D eigenvalue weighted by atomic mass is 9.47. The van der Waals surface area contributed by atoms with E-state index in [9.17, 15) is 14.4 Å². The zero-order chi connectivity index (χ0) is 24.9. The number of methoxy groups -OCH3 is 1. The fourth-order valence-corrected chi connectivity index (χ4v) is 7.30. The maximum Gasteiger partial charge on any atom is 0.331 e. The molecule has 1 aliphatic heterocycles. The summed E-state index contributed by atoms with van der Waals surface area (Å²) < 4.78 is 11.3. The molecule has 1 unspecified atom stereocenters. The van der Waals surface area contributed by atoms with Crippen LogP contribution in [0.2, 0.25) is 0 Å². The summed E-state index contributed by atoms with van der Waals surface area (Å²) in [6.45, 7) is 6.69. The van der Waals surface area contributed by atoms with Crippen molar-refractivity contribution in [2.75, 3.05) is 13.7 Å². The first-order valence-corrected chi connectivity index (χ1v) is 12.9. The number of carbonyl (C=O) groups excluding carboxylic acids is 3. The minimum atomic E-state index is -0.659. The number of carbonyl (C=O) groups is 3. The van der Waals surface area contributed by atoms with E-state index >= 15 is 0 Å². The van der Waals surface area contributed by atoms with Gasteiger partial charge in [-0.25, -0.2) is 4.79 Å². The highest BCUT2D eigenvalue weighted by molar-refractivity contribution is 6.31. The Morgan fingerprint density at radius 1 is 1.03 bits per heavy atom. The molecule has 188 valence electrons. The normalized spacial score (nSPS) is 31.8. The van der Waals surface area contributed by atoms with Crippen LogP contribution in [0.1, 0.15) is 64.9 Å². The molecule has 1 aromatic carbocycles. The molecule has 4 amide bonds. The summed E-state index contributed by atoms with van der Waals surface area (Å²) in [6, 6.07) is 4.46. The smallest absolute Gasteiger partial charge is 0.331 e. The number of ether oxygens (including phenoxy) is 2. The maximum atomic E-state index is 13.6. The van der Waals surface area contributed by atoms with E-state index in [2.05, 4.69) is 19.2 Å². The van der Waals surface area contributed by atoms with Crippen LogP contribution in [-0.2, 0) is 9.59 Å². The molecule has 1 aromatic rings. The van der Waals surface area contributed by atoms with Gasteiger partial charge in [0, 0.05) is 6.04 Å². The van der Waals surface area contributed by atoms with Gasteiger partial charge in [-0.1, -0.05) is 19.9 Å². The van der Waals surface area contributed by atoms with Crippen molar-refractivity contribution in [3.63, 3.8) is 0 Å². The standard InChI is InChI=1S/C28H36N2O5/c1-16(2)15-35-23-6-5-18(11-24(23)34-4)10-22-25(31)29-27(33)30(26(22)32)17(3)28-12-19-7-20(13-28)9-21(8-19)14-28/h5-6,10-11,16-17,19-21H,7-9,12-15H2,1-4H3,(H,29,31,33)/b22-10+. The molecular weight excluding hydrogens is 444 g/mol. The highest BCUT2D eigenvalue weighted by atomic mass is 16.5. The minimum Gasteiger partial charge on any atom is -0.493 e. The van der Waals surface area contributed by atoms with Crippen LogP contribution in [0.5, 0.6) is 11.5 Å². The predicted molar refractivity (Wildman–Crippen MR) is 132 cm³/mol. The molecule has 1 N–H and O–H groups in total. The second kappa shape index (κ2) is 8.99. The molecule has 4 bridgehead atoms. The highest BCUT2D eigenvalue weighted by Gasteiger charge is 2.56. The number of barbiturate groups is 1. The minimum absolute atomic E-state index is 0.0286. The van der Waals surface area contributed by atoms with Crippen molar-refractivity contribution in [2.45, 2.75) is 65.3 Å². The zero-order valence-corrected chi connectivity index (χ0v) is 21.1. The van der Waals surface area contributed by atoms with Gasteiger partial charge >= 0.3 is 6.03 Å². The summed E-state index contributed by atoms with van der Waals surface area (Å²) in [5.41, 5.74) is 0.569. The number of nitrogens with one attached hydrogen (secondary N) is 1. The molecule has 1 saturated heterocycles. The number of nitrogens with zero attached hydrogens (tertiary/aromatic N) is 1. The molecule has 6 rings (SSSR count). The van der Waals surface area contributed by atoms with Crippen molar-refractivity contribution in [1.82, 2.24) is 10.2 Å². The predicted octanol–water partition coefficient (Wildman–Crippen LogP) is 4.80. The van der Waals surface area contributed by atoms with Gasteiger partial charge in [0.1, 0.15) is 5.57 Å². The molecule has 4 saturated carbocycles. The first kappa shape index (κ1) is 23.9.